The summed E-state index contributed by atoms with van der Waals surface area (Å²) in [4.78, 5) is 25.5. The van der Waals surface area contributed by atoms with Gasteiger partial charge in [0.25, 0.3) is 5.91 Å². The number of nitrogens with one attached hydrogen (secondary N) is 2. The van der Waals surface area contributed by atoms with E-state index in [4.69, 9.17) is 0 Å². The Hall–Kier alpha value is -1.88. The number of carbonyl (C=O) groups excluding carboxylic acids is 1. The Bertz CT molecular complexity index is 605. The van der Waals surface area contributed by atoms with Gasteiger partial charge in [0.1, 0.15) is 0 Å². The molecule has 0 saturated carbocycles. The highest BCUT2D eigenvalue weighted by molar-refractivity contribution is 9.09. The smallest absolute Gasteiger partial charge is 0.253 e. The Kier molecular flexibility index (Phi) is 5.12. The topological polar surface area (TPSA) is 62.0 Å². The van der Waals surface area contributed by atoms with E-state index < -0.39 is 0 Å². The molecule has 1 aromatic carbocycles. The molecule has 0 spiro atoms. The van der Waals surface area contributed by atoms with E-state index in [1.165, 1.54) is 23.9 Å². The number of pyridine rings is 1. The molecule has 0 saturated heterocycles. The monoisotopic (exact) mass is 334 g/mol. The van der Waals surface area contributed by atoms with Gasteiger partial charge in [0.15, 0.2) is 0 Å². The molecule has 1 amide bonds. The van der Waals surface area contributed by atoms with Crippen molar-refractivity contribution >= 4 is 21.8 Å². The molecule has 0 aliphatic carbocycles. The van der Waals surface area contributed by atoms with Crippen LogP contribution in [0.2, 0.25) is 0 Å². The zero-order chi connectivity index (χ0) is 14.4. The van der Waals surface area contributed by atoms with Crippen LogP contribution in [0.3, 0.4) is 0 Å². The first-order valence-electron chi connectivity index (χ1n) is 6.28. The Balaban J connectivity index is 2.01. The quantitative estimate of drug-likeness (QED) is 0.822. The van der Waals surface area contributed by atoms with Gasteiger partial charge in [-0.3, -0.25) is 9.59 Å². The zero-order valence-corrected chi connectivity index (χ0v) is 12.4. The maximum Gasteiger partial charge on any atom is 0.253 e. The fourth-order valence-corrected chi connectivity index (χ4v) is 2.25. The van der Waals surface area contributed by atoms with Crippen LogP contribution in [0.4, 0.5) is 0 Å². The predicted molar refractivity (Wildman–Crippen MR) is 82.3 cm³/mol. The largest absolute Gasteiger partial charge is 0.348 e. The summed E-state index contributed by atoms with van der Waals surface area (Å²) in [5.41, 5.74) is 1.39. The van der Waals surface area contributed by atoms with Gasteiger partial charge >= 0.3 is 0 Å². The Morgan fingerprint density at radius 2 is 1.95 bits per heavy atom. The summed E-state index contributed by atoms with van der Waals surface area (Å²) in [7, 11) is 0. The van der Waals surface area contributed by atoms with Crippen molar-refractivity contribution in [2.45, 2.75) is 12.5 Å². The number of hydrogen-bond acceptors (Lipinski definition) is 2. The molecule has 2 N–H and O–H groups in total. The minimum atomic E-state index is -0.220. The Morgan fingerprint density at radius 1 is 1.20 bits per heavy atom. The molecule has 104 valence electrons. The second-order valence-corrected chi connectivity index (χ2v) is 5.10. The molecule has 1 heterocycles. The van der Waals surface area contributed by atoms with Crippen LogP contribution < -0.4 is 10.9 Å². The number of carbonyl (C=O) groups is 1. The highest BCUT2D eigenvalue weighted by Gasteiger charge is 2.13. The predicted octanol–water partition coefficient (Wildman–Crippen LogP) is 2.11. The molecule has 2 aromatic rings. The van der Waals surface area contributed by atoms with Crippen LogP contribution in [0.1, 0.15) is 15.9 Å². The molecular weight excluding hydrogens is 320 g/mol. The van der Waals surface area contributed by atoms with Gasteiger partial charge in [0.05, 0.1) is 5.56 Å². The summed E-state index contributed by atoms with van der Waals surface area (Å²) >= 11 is 3.41. The lowest BCUT2D eigenvalue weighted by atomic mass is 10.1. The van der Waals surface area contributed by atoms with Gasteiger partial charge in [-0.05, 0) is 18.1 Å². The van der Waals surface area contributed by atoms with E-state index >= 15 is 0 Å². The van der Waals surface area contributed by atoms with Crippen molar-refractivity contribution in [3.05, 3.63) is 70.1 Å². The molecule has 1 aromatic heterocycles. The van der Waals surface area contributed by atoms with Crippen LogP contribution in [-0.2, 0) is 6.42 Å². The van der Waals surface area contributed by atoms with E-state index in [0.29, 0.717) is 10.9 Å². The fourth-order valence-electron chi connectivity index (χ4n) is 1.86. The first-order chi connectivity index (χ1) is 9.69. The molecule has 20 heavy (non-hydrogen) atoms. The van der Waals surface area contributed by atoms with E-state index in [9.17, 15) is 9.59 Å². The number of aromatic amines is 1. The van der Waals surface area contributed by atoms with Crippen LogP contribution >= 0.6 is 15.9 Å². The van der Waals surface area contributed by atoms with Crippen LogP contribution in [-0.4, -0.2) is 22.3 Å². The number of halogens is 1. The second kappa shape index (κ2) is 7.05. The SMILES string of the molecule is O=C(NC(CBr)Cc1ccccc1)c1ccc(=O)[nH]c1. The van der Waals surface area contributed by atoms with Gasteiger partial charge in [0, 0.05) is 23.6 Å². The standard InChI is InChI=1S/C15H15BrN2O2/c16-9-13(8-11-4-2-1-3-5-11)18-15(20)12-6-7-14(19)17-10-12/h1-7,10,13H,8-9H2,(H,17,19)(H,18,20). The van der Waals surface area contributed by atoms with E-state index in [1.807, 2.05) is 30.3 Å². The molecule has 0 aliphatic heterocycles. The number of amides is 1. The van der Waals surface area contributed by atoms with Gasteiger partial charge < -0.3 is 10.3 Å². The number of alkyl halides is 1. The number of H-pyrrole nitrogens is 1. The molecule has 0 radical (unpaired) electrons. The second-order valence-electron chi connectivity index (χ2n) is 4.46. The molecule has 2 rings (SSSR count). The third-order valence-electron chi connectivity index (χ3n) is 2.89. The number of benzene rings is 1. The molecule has 0 bridgehead atoms. The van der Waals surface area contributed by atoms with E-state index in [2.05, 4.69) is 26.2 Å². The van der Waals surface area contributed by atoms with Gasteiger partial charge in [-0.25, -0.2) is 0 Å². The maximum atomic E-state index is 12.1. The summed E-state index contributed by atoms with van der Waals surface area (Å²) in [6.45, 7) is 0. The number of hydrogen-bond donors (Lipinski definition) is 2. The first kappa shape index (κ1) is 14.5. The van der Waals surface area contributed by atoms with E-state index in [1.54, 1.807) is 0 Å². The van der Waals surface area contributed by atoms with Crippen LogP contribution in [0.25, 0.3) is 0 Å². The van der Waals surface area contributed by atoms with Gasteiger partial charge in [-0.15, -0.1) is 0 Å². The lowest BCUT2D eigenvalue weighted by Crippen LogP contribution is -2.37. The Labute approximate surface area is 125 Å². The van der Waals surface area contributed by atoms with Crippen molar-refractivity contribution in [2.75, 3.05) is 5.33 Å². The molecule has 4 nitrogen and oxygen atoms in total. The summed E-state index contributed by atoms with van der Waals surface area (Å²) in [6.07, 6.45) is 2.17. The molecule has 5 heteroatoms. The third kappa shape index (κ3) is 4.06. The van der Waals surface area contributed by atoms with Gasteiger partial charge in [-0.2, -0.15) is 0 Å². The van der Waals surface area contributed by atoms with Gasteiger partial charge in [-0.1, -0.05) is 46.3 Å². The van der Waals surface area contributed by atoms with E-state index in [-0.39, 0.29) is 17.5 Å². The molecule has 0 aliphatic rings. The van der Waals surface area contributed by atoms with Crippen molar-refractivity contribution in [3.8, 4) is 0 Å². The van der Waals surface area contributed by atoms with Crippen LogP contribution in [0.15, 0.2) is 53.5 Å². The normalized spacial score (nSPS) is 11.8. The minimum Gasteiger partial charge on any atom is -0.348 e. The molecule has 1 atom stereocenters. The molecule has 0 fully saturated rings. The first-order valence-corrected chi connectivity index (χ1v) is 7.40. The number of aromatic nitrogens is 1. The van der Waals surface area contributed by atoms with E-state index in [0.717, 1.165) is 6.42 Å². The molecular formula is C15H15BrN2O2. The summed E-state index contributed by atoms with van der Waals surface area (Å²) < 4.78 is 0. The van der Waals surface area contributed by atoms with Crippen LogP contribution in [0.5, 0.6) is 0 Å². The highest BCUT2D eigenvalue weighted by Crippen LogP contribution is 2.06. The summed E-state index contributed by atoms with van der Waals surface area (Å²) in [6, 6.07) is 12.8. The fraction of sp³-hybridized carbons (Fsp3) is 0.200. The highest BCUT2D eigenvalue weighted by atomic mass is 79.9. The minimum absolute atomic E-state index is 0.00294. The maximum absolute atomic E-state index is 12.1. The lowest BCUT2D eigenvalue weighted by Gasteiger charge is -2.16. The summed E-state index contributed by atoms with van der Waals surface area (Å²) in [5, 5.41) is 3.61. The summed E-state index contributed by atoms with van der Waals surface area (Å²) in [5.74, 6) is -0.193. The lowest BCUT2D eigenvalue weighted by molar-refractivity contribution is 0.0940. The zero-order valence-electron chi connectivity index (χ0n) is 10.8. The number of rotatable bonds is 5. The van der Waals surface area contributed by atoms with Crippen molar-refractivity contribution in [2.24, 2.45) is 0 Å². The van der Waals surface area contributed by atoms with Crippen molar-refractivity contribution < 1.29 is 4.79 Å². The average Bonchev–Trinajstić information content (AvgIpc) is 2.48. The van der Waals surface area contributed by atoms with Crippen molar-refractivity contribution in [3.63, 3.8) is 0 Å². The average molecular weight is 335 g/mol. The third-order valence-corrected chi connectivity index (χ3v) is 3.67. The van der Waals surface area contributed by atoms with Gasteiger partial charge in [0.2, 0.25) is 5.56 Å². The Morgan fingerprint density at radius 3 is 2.55 bits per heavy atom. The van der Waals surface area contributed by atoms with Crippen molar-refractivity contribution in [1.29, 1.82) is 0 Å². The molecule has 1 unspecified atom stereocenters. The van der Waals surface area contributed by atoms with Crippen molar-refractivity contribution in [1.82, 2.24) is 10.3 Å². The van der Waals surface area contributed by atoms with Crippen LogP contribution in [0, 0.1) is 0 Å².